The van der Waals surface area contributed by atoms with Crippen molar-refractivity contribution < 1.29 is 5.11 Å². The number of nitrogens with zero attached hydrogens (tertiary/aromatic N) is 3. The van der Waals surface area contributed by atoms with Gasteiger partial charge in [-0.2, -0.15) is 0 Å². The van der Waals surface area contributed by atoms with Gasteiger partial charge in [0.2, 0.25) is 0 Å². The molecule has 1 aromatic rings. The Kier molecular flexibility index (Phi) is 2.62. The third-order valence-corrected chi connectivity index (χ3v) is 3.44. The van der Waals surface area contributed by atoms with E-state index in [-0.39, 0.29) is 0 Å². The molecule has 14 heavy (non-hydrogen) atoms. The molecule has 0 amide bonds. The average molecular weight is 260 g/mol. The van der Waals surface area contributed by atoms with Gasteiger partial charge >= 0.3 is 0 Å². The van der Waals surface area contributed by atoms with E-state index in [1.807, 2.05) is 7.05 Å². The van der Waals surface area contributed by atoms with Crippen LogP contribution in [0, 0.1) is 0 Å². The zero-order chi connectivity index (χ0) is 10.2. The highest BCUT2D eigenvalue weighted by Gasteiger charge is 2.36. The maximum Gasteiger partial charge on any atom is 0.154 e. The van der Waals surface area contributed by atoms with Crippen LogP contribution in [0.15, 0.2) is 4.60 Å². The first-order valence-corrected chi connectivity index (χ1v) is 5.71. The van der Waals surface area contributed by atoms with E-state index >= 15 is 0 Å². The molecule has 1 aliphatic carbocycles. The second-order valence-electron chi connectivity index (χ2n) is 3.94. The summed E-state index contributed by atoms with van der Waals surface area (Å²) in [6, 6.07) is 0. The van der Waals surface area contributed by atoms with Crippen LogP contribution in [0.3, 0.4) is 0 Å². The third-order valence-electron chi connectivity index (χ3n) is 2.91. The first-order valence-electron chi connectivity index (χ1n) is 4.91. The molecule has 1 fully saturated rings. The summed E-state index contributed by atoms with van der Waals surface area (Å²) in [5.74, 6) is 0. The summed E-state index contributed by atoms with van der Waals surface area (Å²) in [7, 11) is 1.82. The number of aliphatic hydroxyl groups is 1. The number of halogens is 1. The van der Waals surface area contributed by atoms with E-state index in [2.05, 4.69) is 26.2 Å². The summed E-state index contributed by atoms with van der Waals surface area (Å²) >= 11 is 3.33. The molecule has 2 rings (SSSR count). The van der Waals surface area contributed by atoms with Crippen LogP contribution in [0.1, 0.15) is 37.8 Å². The first kappa shape index (κ1) is 10.1. The summed E-state index contributed by atoms with van der Waals surface area (Å²) in [5.41, 5.74) is 0.0900. The lowest BCUT2D eigenvalue weighted by Crippen LogP contribution is -2.31. The van der Waals surface area contributed by atoms with Crippen LogP contribution in [0.5, 0.6) is 0 Å². The molecule has 78 valence electrons. The van der Waals surface area contributed by atoms with Crippen molar-refractivity contribution in [3.05, 3.63) is 10.3 Å². The van der Waals surface area contributed by atoms with Gasteiger partial charge in [-0.05, 0) is 28.8 Å². The summed E-state index contributed by atoms with van der Waals surface area (Å²) in [4.78, 5) is 0. The molecule has 0 spiro atoms. The van der Waals surface area contributed by atoms with Crippen molar-refractivity contribution in [1.29, 1.82) is 0 Å². The zero-order valence-electron chi connectivity index (χ0n) is 8.20. The van der Waals surface area contributed by atoms with Crippen molar-refractivity contribution in [2.45, 2.75) is 37.7 Å². The molecule has 1 N–H and O–H groups in total. The van der Waals surface area contributed by atoms with Gasteiger partial charge in [-0.15, -0.1) is 5.10 Å². The minimum atomic E-state index is -0.727. The maximum atomic E-state index is 10.5. The molecule has 0 aromatic carbocycles. The summed E-state index contributed by atoms with van der Waals surface area (Å²) < 4.78 is 2.33. The predicted octanol–water partition coefficient (Wildman–Crippen LogP) is 1.73. The van der Waals surface area contributed by atoms with Gasteiger partial charge in [0.25, 0.3) is 0 Å². The number of hydrogen-bond donors (Lipinski definition) is 1. The van der Waals surface area contributed by atoms with Crippen LogP contribution in [-0.2, 0) is 12.6 Å². The Morgan fingerprint density at radius 2 is 2.00 bits per heavy atom. The molecule has 4 nitrogen and oxygen atoms in total. The highest BCUT2D eigenvalue weighted by Crippen LogP contribution is 2.38. The lowest BCUT2D eigenvalue weighted by molar-refractivity contribution is -0.00861. The minimum Gasteiger partial charge on any atom is -0.383 e. The molecule has 5 heteroatoms. The van der Waals surface area contributed by atoms with Crippen molar-refractivity contribution in [2.24, 2.45) is 7.05 Å². The highest BCUT2D eigenvalue weighted by molar-refractivity contribution is 9.10. The van der Waals surface area contributed by atoms with E-state index in [9.17, 15) is 5.11 Å². The Balaban J connectivity index is 2.36. The van der Waals surface area contributed by atoms with Crippen LogP contribution < -0.4 is 0 Å². The van der Waals surface area contributed by atoms with Crippen LogP contribution in [0.25, 0.3) is 0 Å². The van der Waals surface area contributed by atoms with Crippen LogP contribution in [0.2, 0.25) is 0 Å². The monoisotopic (exact) mass is 259 g/mol. The smallest absolute Gasteiger partial charge is 0.154 e. The summed E-state index contributed by atoms with van der Waals surface area (Å²) in [5, 5.41) is 18.3. The molecule has 1 saturated carbocycles. The van der Waals surface area contributed by atoms with Gasteiger partial charge in [0, 0.05) is 7.05 Å². The quantitative estimate of drug-likeness (QED) is 0.836. The van der Waals surface area contributed by atoms with Gasteiger partial charge in [-0.1, -0.05) is 24.5 Å². The Hall–Kier alpha value is -0.420. The first-order chi connectivity index (χ1) is 6.63. The van der Waals surface area contributed by atoms with Crippen molar-refractivity contribution in [3.63, 3.8) is 0 Å². The Morgan fingerprint density at radius 3 is 2.50 bits per heavy atom. The molecule has 0 radical (unpaired) electrons. The van der Waals surface area contributed by atoms with E-state index in [0.29, 0.717) is 4.60 Å². The number of rotatable bonds is 1. The van der Waals surface area contributed by atoms with Gasteiger partial charge in [0.1, 0.15) is 11.3 Å². The fraction of sp³-hybridized carbons (Fsp3) is 0.778. The number of hydrogen-bond acceptors (Lipinski definition) is 3. The standard InChI is InChI=1S/C9H14BrN3O/c1-13-7(8(10)11-12-13)9(14)5-3-2-4-6-9/h14H,2-6H2,1H3. The topological polar surface area (TPSA) is 50.9 Å². The molecule has 1 aliphatic rings. The second kappa shape index (κ2) is 3.62. The minimum absolute atomic E-state index is 0.671. The van der Waals surface area contributed by atoms with Crippen LogP contribution >= 0.6 is 15.9 Å². The average Bonchev–Trinajstić information content (AvgIpc) is 2.48. The lowest BCUT2D eigenvalue weighted by atomic mass is 9.83. The highest BCUT2D eigenvalue weighted by atomic mass is 79.9. The predicted molar refractivity (Wildman–Crippen MR) is 55.7 cm³/mol. The van der Waals surface area contributed by atoms with Crippen LogP contribution in [0.4, 0.5) is 0 Å². The molecule has 1 aromatic heterocycles. The van der Waals surface area contributed by atoms with Crippen molar-refractivity contribution in [1.82, 2.24) is 15.0 Å². The Morgan fingerprint density at radius 1 is 1.36 bits per heavy atom. The van der Waals surface area contributed by atoms with E-state index in [1.165, 1.54) is 6.42 Å². The fourth-order valence-electron chi connectivity index (χ4n) is 2.20. The zero-order valence-corrected chi connectivity index (χ0v) is 9.79. The molecule has 1 heterocycles. The molecule has 0 saturated heterocycles. The third kappa shape index (κ3) is 1.59. The van der Waals surface area contributed by atoms with E-state index in [1.54, 1.807) is 4.68 Å². The van der Waals surface area contributed by atoms with E-state index < -0.39 is 5.60 Å². The maximum absolute atomic E-state index is 10.5. The largest absolute Gasteiger partial charge is 0.383 e. The van der Waals surface area contributed by atoms with Gasteiger partial charge in [-0.3, -0.25) is 0 Å². The second-order valence-corrected chi connectivity index (χ2v) is 4.70. The van der Waals surface area contributed by atoms with Crippen molar-refractivity contribution in [2.75, 3.05) is 0 Å². The normalized spacial score (nSPS) is 21.1. The fourth-order valence-corrected chi connectivity index (χ4v) is 2.90. The van der Waals surface area contributed by atoms with Gasteiger partial charge in [0.05, 0.1) is 0 Å². The summed E-state index contributed by atoms with van der Waals surface area (Å²) in [6.07, 6.45) is 4.99. The van der Waals surface area contributed by atoms with Gasteiger partial charge in [-0.25, -0.2) is 4.68 Å². The molecular formula is C9H14BrN3O. The van der Waals surface area contributed by atoms with Crippen molar-refractivity contribution >= 4 is 15.9 Å². The van der Waals surface area contributed by atoms with E-state index in [4.69, 9.17) is 0 Å². The molecule has 0 bridgehead atoms. The van der Waals surface area contributed by atoms with Gasteiger partial charge < -0.3 is 5.11 Å². The Labute approximate surface area is 91.4 Å². The summed E-state index contributed by atoms with van der Waals surface area (Å²) in [6.45, 7) is 0. The molecular weight excluding hydrogens is 246 g/mol. The molecule has 0 atom stereocenters. The van der Waals surface area contributed by atoms with E-state index in [0.717, 1.165) is 31.4 Å². The van der Waals surface area contributed by atoms with Gasteiger partial charge in [0.15, 0.2) is 4.60 Å². The molecule has 0 aliphatic heterocycles. The Bertz CT molecular complexity index is 311. The number of aryl methyl sites for hydroxylation is 1. The van der Waals surface area contributed by atoms with Crippen molar-refractivity contribution in [3.8, 4) is 0 Å². The van der Waals surface area contributed by atoms with Crippen LogP contribution in [-0.4, -0.2) is 20.1 Å². The molecule has 0 unspecified atom stereocenters. The number of aromatic nitrogens is 3. The lowest BCUT2D eigenvalue weighted by Gasteiger charge is -2.31. The SMILES string of the molecule is Cn1nnc(Br)c1C1(O)CCCCC1.